The van der Waals surface area contributed by atoms with Gasteiger partial charge in [-0.2, -0.15) is 13.2 Å². The summed E-state index contributed by atoms with van der Waals surface area (Å²) in [4.78, 5) is 21.1. The maximum atomic E-state index is 12.2. The van der Waals surface area contributed by atoms with E-state index < -0.39 is 12.1 Å². The zero-order chi connectivity index (χ0) is 23.6. The second kappa shape index (κ2) is 11.7. The van der Waals surface area contributed by atoms with Crippen LogP contribution in [0.3, 0.4) is 0 Å². The van der Waals surface area contributed by atoms with Gasteiger partial charge in [-0.3, -0.25) is 0 Å². The van der Waals surface area contributed by atoms with Crippen LogP contribution in [-0.2, 0) is 24.2 Å². The van der Waals surface area contributed by atoms with Crippen LogP contribution in [0, 0.1) is 0 Å². The van der Waals surface area contributed by atoms with Crippen molar-refractivity contribution in [1.82, 2.24) is 0 Å². The van der Waals surface area contributed by atoms with E-state index in [2.05, 4.69) is 24.3 Å². The number of carboxylic acids is 1. The summed E-state index contributed by atoms with van der Waals surface area (Å²) in [6.45, 7) is 0.458. The summed E-state index contributed by atoms with van der Waals surface area (Å²) in [5, 5.41) is 7.12. The predicted octanol–water partition coefficient (Wildman–Crippen LogP) is 4.78. The Morgan fingerprint density at radius 3 is 1.72 bits per heavy atom. The first kappa shape index (κ1) is 24.6. The molecule has 0 amide bonds. The number of halogens is 3. The minimum atomic E-state index is -5.08. The number of carbonyl (C=O) groups excluding carboxylic acids is 1. The molecule has 32 heavy (non-hydrogen) atoms. The van der Waals surface area contributed by atoms with Crippen LogP contribution in [0.1, 0.15) is 27.0 Å². The van der Waals surface area contributed by atoms with Gasteiger partial charge in [0.2, 0.25) is 0 Å². The molecule has 0 heterocycles. The molecule has 3 rings (SSSR count). The topological polar surface area (TPSA) is 89.6 Å². The number of carbonyl (C=O) groups is 2. The highest BCUT2D eigenvalue weighted by Gasteiger charge is 2.38. The third-order valence-corrected chi connectivity index (χ3v) is 4.35. The van der Waals surface area contributed by atoms with Crippen molar-refractivity contribution in [2.75, 3.05) is 0 Å². The largest absolute Gasteiger partial charge is 0.490 e. The number of alkyl halides is 3. The molecule has 3 aromatic rings. The number of rotatable bonds is 6. The van der Waals surface area contributed by atoms with Crippen molar-refractivity contribution in [2.45, 2.75) is 25.6 Å². The van der Waals surface area contributed by atoms with Gasteiger partial charge in [-0.25, -0.2) is 9.59 Å². The number of benzene rings is 3. The van der Waals surface area contributed by atoms with Crippen LogP contribution in [-0.4, -0.2) is 23.2 Å². The Balaban J connectivity index is 0.000000451. The lowest BCUT2D eigenvalue weighted by Crippen LogP contribution is -2.21. The fourth-order valence-corrected chi connectivity index (χ4v) is 2.60. The highest BCUT2D eigenvalue weighted by molar-refractivity contribution is 5.91. The molecule has 0 aliphatic heterocycles. The number of aryl methyl sites for hydroxylation is 2. The summed E-state index contributed by atoms with van der Waals surface area (Å²) < 4.78 is 37.2. The van der Waals surface area contributed by atoms with Crippen molar-refractivity contribution in [3.05, 3.63) is 101 Å². The fourth-order valence-electron chi connectivity index (χ4n) is 2.60. The first-order valence-corrected chi connectivity index (χ1v) is 9.63. The van der Waals surface area contributed by atoms with Gasteiger partial charge >= 0.3 is 18.1 Å². The van der Waals surface area contributed by atoms with Gasteiger partial charge in [0, 0.05) is 6.54 Å². The molecule has 0 fully saturated rings. The van der Waals surface area contributed by atoms with Crippen molar-refractivity contribution < 1.29 is 32.6 Å². The van der Waals surface area contributed by atoms with Crippen LogP contribution in [0.25, 0.3) is 0 Å². The van der Waals surface area contributed by atoms with Crippen molar-refractivity contribution in [3.63, 3.8) is 0 Å². The van der Waals surface area contributed by atoms with Crippen LogP contribution in [0.15, 0.2) is 78.9 Å². The van der Waals surface area contributed by atoms with Crippen molar-refractivity contribution in [3.8, 4) is 5.75 Å². The lowest BCUT2D eigenvalue weighted by atomic mass is 10.0. The number of hydrogen-bond acceptors (Lipinski definition) is 4. The molecule has 0 radical (unpaired) electrons. The Bertz CT molecular complexity index is 1000. The maximum absolute atomic E-state index is 12.2. The summed E-state index contributed by atoms with van der Waals surface area (Å²) in [6.07, 6.45) is -3.13. The molecule has 0 atom stereocenters. The molecule has 0 aliphatic rings. The Morgan fingerprint density at radius 2 is 1.25 bits per heavy atom. The smallest absolute Gasteiger partial charge is 0.475 e. The molecule has 0 bridgehead atoms. The van der Waals surface area contributed by atoms with E-state index in [9.17, 15) is 18.0 Å². The third-order valence-electron chi connectivity index (χ3n) is 4.35. The van der Waals surface area contributed by atoms with Crippen LogP contribution in [0.2, 0.25) is 0 Å². The Morgan fingerprint density at radius 1 is 0.781 bits per heavy atom. The molecule has 0 aliphatic carbocycles. The molecule has 0 saturated carbocycles. The minimum absolute atomic E-state index is 0.361. The van der Waals surface area contributed by atoms with Gasteiger partial charge in [0.1, 0.15) is 5.75 Å². The molecule has 0 unspecified atom stereocenters. The van der Waals surface area contributed by atoms with Gasteiger partial charge in [-0.1, -0.05) is 54.6 Å². The second-order valence-electron chi connectivity index (χ2n) is 6.72. The highest BCUT2D eigenvalue weighted by Crippen LogP contribution is 2.16. The molecular weight excluding hydrogens is 423 g/mol. The quantitative estimate of drug-likeness (QED) is 0.421. The Kier molecular flexibility index (Phi) is 8.97. The van der Waals surface area contributed by atoms with Crippen molar-refractivity contribution >= 4 is 11.9 Å². The van der Waals surface area contributed by atoms with E-state index in [-0.39, 0.29) is 5.97 Å². The van der Waals surface area contributed by atoms with E-state index in [1.807, 2.05) is 42.5 Å². The number of hydrogen-bond donors (Lipinski definition) is 2. The van der Waals surface area contributed by atoms with Crippen LogP contribution >= 0.6 is 0 Å². The molecule has 0 spiro atoms. The van der Waals surface area contributed by atoms with Gasteiger partial charge in [0.25, 0.3) is 0 Å². The number of esters is 1. The average Bonchev–Trinajstić information content (AvgIpc) is 2.79. The lowest BCUT2D eigenvalue weighted by Gasteiger charge is -2.07. The average molecular weight is 445 g/mol. The summed E-state index contributed by atoms with van der Waals surface area (Å²) in [7, 11) is 0. The van der Waals surface area contributed by atoms with Gasteiger partial charge in [0.15, 0.2) is 0 Å². The molecule has 8 heteroatoms. The van der Waals surface area contributed by atoms with Crippen molar-refractivity contribution in [1.29, 1.82) is 0 Å². The first-order valence-electron chi connectivity index (χ1n) is 9.63. The van der Waals surface area contributed by atoms with E-state index in [1.54, 1.807) is 12.1 Å². The zero-order valence-electron chi connectivity index (χ0n) is 17.0. The monoisotopic (exact) mass is 445 g/mol. The van der Waals surface area contributed by atoms with Crippen LogP contribution in [0.4, 0.5) is 13.2 Å². The number of ether oxygens (including phenoxy) is 1. The zero-order valence-corrected chi connectivity index (χ0v) is 17.0. The fraction of sp³-hybridized carbons (Fsp3) is 0.167. The van der Waals surface area contributed by atoms with Gasteiger partial charge in [-0.05, 0) is 53.8 Å². The predicted molar refractivity (Wildman–Crippen MR) is 113 cm³/mol. The number of nitrogens with two attached hydrogens (primary N) is 1. The van der Waals surface area contributed by atoms with E-state index in [1.165, 1.54) is 11.1 Å². The summed E-state index contributed by atoms with van der Waals surface area (Å²) >= 11 is 0. The van der Waals surface area contributed by atoms with E-state index in [4.69, 9.17) is 20.4 Å². The second-order valence-corrected chi connectivity index (χ2v) is 6.72. The summed E-state index contributed by atoms with van der Waals surface area (Å²) in [5.74, 6) is -2.57. The number of carboxylic acid groups (broad SMARTS) is 1. The van der Waals surface area contributed by atoms with E-state index in [0.29, 0.717) is 17.9 Å². The molecule has 3 aromatic carbocycles. The Labute approximate surface area is 183 Å². The SMILES string of the molecule is NCc1ccc(C(=O)Oc2ccc(CCc3ccccc3)cc2)cc1.O=C(O)C(F)(F)F. The highest BCUT2D eigenvalue weighted by atomic mass is 19.4. The normalized spacial score (nSPS) is 10.6. The summed E-state index contributed by atoms with van der Waals surface area (Å²) in [5.41, 5.74) is 9.60. The molecule has 168 valence electrons. The van der Waals surface area contributed by atoms with E-state index in [0.717, 1.165) is 18.4 Å². The molecule has 0 saturated heterocycles. The lowest BCUT2D eigenvalue weighted by molar-refractivity contribution is -0.192. The maximum Gasteiger partial charge on any atom is 0.490 e. The molecule has 5 nitrogen and oxygen atoms in total. The van der Waals surface area contributed by atoms with Gasteiger partial charge < -0.3 is 15.6 Å². The summed E-state index contributed by atoms with van der Waals surface area (Å²) in [6, 6.07) is 25.2. The van der Waals surface area contributed by atoms with Gasteiger partial charge in [0.05, 0.1) is 5.56 Å². The third kappa shape index (κ3) is 8.23. The van der Waals surface area contributed by atoms with E-state index >= 15 is 0 Å². The first-order chi connectivity index (χ1) is 15.2. The number of aliphatic carboxylic acids is 1. The Hall–Kier alpha value is -3.65. The van der Waals surface area contributed by atoms with Gasteiger partial charge in [-0.15, -0.1) is 0 Å². The molecular formula is C24H22F3NO4. The molecule has 3 N–H and O–H groups in total. The van der Waals surface area contributed by atoms with Crippen LogP contribution < -0.4 is 10.5 Å². The minimum Gasteiger partial charge on any atom is -0.475 e. The van der Waals surface area contributed by atoms with Crippen molar-refractivity contribution in [2.24, 2.45) is 5.73 Å². The standard InChI is InChI=1S/C22H21NO2.C2HF3O2/c23-16-19-8-12-20(13-9-19)22(24)25-21-14-10-18(11-15-21)7-6-17-4-2-1-3-5-17;3-2(4,5)1(6)7/h1-5,8-15H,6-7,16,23H2;(H,6,7). The van der Waals surface area contributed by atoms with Crippen LogP contribution in [0.5, 0.6) is 5.75 Å². The molecule has 0 aromatic heterocycles.